The lowest BCUT2D eigenvalue weighted by Crippen LogP contribution is -2.37. The van der Waals surface area contributed by atoms with E-state index in [2.05, 4.69) is 0 Å². The van der Waals surface area contributed by atoms with E-state index in [0.29, 0.717) is 17.5 Å². The highest BCUT2D eigenvalue weighted by atomic mass is 32.2. The molecule has 0 spiro atoms. The van der Waals surface area contributed by atoms with E-state index in [0.717, 1.165) is 16.9 Å². The highest BCUT2D eigenvalue weighted by Gasteiger charge is 2.48. The summed E-state index contributed by atoms with van der Waals surface area (Å²) in [7, 11) is 1.54. The van der Waals surface area contributed by atoms with Gasteiger partial charge in [-0.3, -0.25) is 9.59 Å². The minimum atomic E-state index is -0.898. The molecule has 0 aliphatic heterocycles. The maximum absolute atomic E-state index is 13.3. The SMILES string of the molecule is CO[C@@]12C=C[C@@H](CC1)c1c(O)c3c(c(O)c12)C(=O)C=C(Sc1ccc(C)cc1)C3=O. The lowest BCUT2D eigenvalue weighted by molar-refractivity contribution is 0.00415. The topological polar surface area (TPSA) is 83.8 Å². The van der Waals surface area contributed by atoms with Gasteiger partial charge in [0, 0.05) is 35.1 Å². The van der Waals surface area contributed by atoms with Gasteiger partial charge in [0.15, 0.2) is 5.78 Å². The Morgan fingerprint density at radius 2 is 1.83 bits per heavy atom. The Hall–Kier alpha value is -2.83. The molecule has 6 heteroatoms. The monoisotopic (exact) mass is 420 g/mol. The molecule has 0 radical (unpaired) electrons. The quantitative estimate of drug-likeness (QED) is 0.551. The second-order valence-corrected chi connectivity index (χ2v) is 9.07. The number of hydrogen-bond donors (Lipinski definition) is 2. The van der Waals surface area contributed by atoms with Crippen molar-refractivity contribution >= 4 is 23.3 Å². The van der Waals surface area contributed by atoms with Gasteiger partial charge in [-0.1, -0.05) is 41.6 Å². The molecule has 0 unspecified atom stereocenters. The first-order valence-electron chi connectivity index (χ1n) is 9.78. The zero-order chi connectivity index (χ0) is 21.2. The second kappa shape index (κ2) is 6.59. The van der Waals surface area contributed by atoms with Crippen LogP contribution in [0.15, 0.2) is 52.3 Å². The smallest absolute Gasteiger partial charge is 0.204 e. The molecule has 0 fully saturated rings. The molecule has 152 valence electrons. The number of aryl methyl sites for hydroxylation is 1. The van der Waals surface area contributed by atoms with Gasteiger partial charge in [-0.2, -0.15) is 0 Å². The number of ketones is 2. The number of carbonyl (C=O) groups is 2. The van der Waals surface area contributed by atoms with Gasteiger partial charge in [0.05, 0.1) is 16.0 Å². The maximum atomic E-state index is 13.3. The third-order valence-corrected chi connectivity index (χ3v) is 7.31. The number of carbonyl (C=O) groups excluding carboxylic acids is 2. The van der Waals surface area contributed by atoms with Gasteiger partial charge in [0.25, 0.3) is 0 Å². The Balaban J connectivity index is 1.66. The van der Waals surface area contributed by atoms with Crippen LogP contribution in [-0.4, -0.2) is 28.9 Å². The summed E-state index contributed by atoms with van der Waals surface area (Å²) in [6, 6.07) is 7.62. The van der Waals surface area contributed by atoms with E-state index in [9.17, 15) is 19.8 Å². The minimum Gasteiger partial charge on any atom is -0.507 e. The summed E-state index contributed by atoms with van der Waals surface area (Å²) >= 11 is 1.18. The number of rotatable bonds is 3. The summed E-state index contributed by atoms with van der Waals surface area (Å²) in [5, 5.41) is 22.2. The van der Waals surface area contributed by atoms with E-state index in [1.807, 2.05) is 43.3 Å². The first-order valence-corrected chi connectivity index (χ1v) is 10.6. The molecule has 4 aliphatic carbocycles. The van der Waals surface area contributed by atoms with Crippen molar-refractivity contribution < 1.29 is 24.5 Å². The Kier molecular flexibility index (Phi) is 4.21. The number of methoxy groups -OCH3 is 1. The first kappa shape index (κ1) is 19.2. The van der Waals surface area contributed by atoms with E-state index in [1.54, 1.807) is 7.11 Å². The van der Waals surface area contributed by atoms with Crippen molar-refractivity contribution in [2.24, 2.45) is 0 Å². The number of benzene rings is 2. The van der Waals surface area contributed by atoms with Crippen molar-refractivity contribution in [2.45, 2.75) is 36.2 Å². The summed E-state index contributed by atoms with van der Waals surface area (Å²) in [6.07, 6.45) is 6.42. The number of thioether (sulfide) groups is 1. The van der Waals surface area contributed by atoms with Gasteiger partial charge in [0.2, 0.25) is 5.78 Å². The van der Waals surface area contributed by atoms with Crippen LogP contribution in [0.3, 0.4) is 0 Å². The van der Waals surface area contributed by atoms with Gasteiger partial charge in [-0.25, -0.2) is 0 Å². The van der Waals surface area contributed by atoms with Crippen molar-refractivity contribution in [1.82, 2.24) is 0 Å². The number of ether oxygens (including phenoxy) is 1. The van der Waals surface area contributed by atoms with Crippen LogP contribution in [0.2, 0.25) is 0 Å². The zero-order valence-corrected chi connectivity index (χ0v) is 17.4. The van der Waals surface area contributed by atoms with Gasteiger partial charge >= 0.3 is 0 Å². The molecular formula is C24H20O5S. The number of hydrogen-bond acceptors (Lipinski definition) is 6. The van der Waals surface area contributed by atoms with Gasteiger partial charge in [-0.05, 0) is 31.9 Å². The van der Waals surface area contributed by atoms with Crippen LogP contribution in [0.4, 0.5) is 0 Å². The molecule has 0 saturated carbocycles. The molecule has 5 nitrogen and oxygen atoms in total. The number of phenols is 2. The van der Waals surface area contributed by atoms with Crippen LogP contribution < -0.4 is 0 Å². The van der Waals surface area contributed by atoms with Crippen LogP contribution in [0.1, 0.15) is 56.2 Å². The fraction of sp³-hybridized carbons (Fsp3) is 0.250. The van der Waals surface area contributed by atoms with E-state index >= 15 is 0 Å². The van der Waals surface area contributed by atoms with Gasteiger partial charge < -0.3 is 14.9 Å². The minimum absolute atomic E-state index is 0.111. The number of fused-ring (bicyclic) bond motifs is 2. The van der Waals surface area contributed by atoms with Gasteiger partial charge in [0.1, 0.15) is 17.1 Å². The number of aromatic hydroxyl groups is 2. The van der Waals surface area contributed by atoms with Crippen LogP contribution in [0.5, 0.6) is 11.5 Å². The third kappa shape index (κ3) is 2.53. The highest BCUT2D eigenvalue weighted by molar-refractivity contribution is 8.04. The molecule has 2 aromatic rings. The molecule has 0 saturated heterocycles. The van der Waals surface area contributed by atoms with Crippen LogP contribution in [-0.2, 0) is 10.3 Å². The van der Waals surface area contributed by atoms with Crippen LogP contribution in [0.25, 0.3) is 0 Å². The molecule has 2 atom stereocenters. The zero-order valence-electron chi connectivity index (χ0n) is 16.6. The maximum Gasteiger partial charge on any atom is 0.204 e. The van der Waals surface area contributed by atoms with E-state index in [4.69, 9.17) is 4.74 Å². The number of phenolic OH excluding ortho intramolecular Hbond substituents is 2. The predicted octanol–water partition coefficient (Wildman–Crippen LogP) is 4.75. The lowest BCUT2D eigenvalue weighted by atomic mass is 9.66. The van der Waals surface area contributed by atoms with E-state index < -0.39 is 17.2 Å². The Bertz CT molecular complexity index is 1180. The summed E-state index contributed by atoms with van der Waals surface area (Å²) in [5.74, 6) is -1.56. The lowest BCUT2D eigenvalue weighted by Gasteiger charge is -2.44. The average Bonchev–Trinajstić information content (AvgIpc) is 2.76. The second-order valence-electron chi connectivity index (χ2n) is 7.95. The molecule has 0 heterocycles. The van der Waals surface area contributed by atoms with Gasteiger partial charge in [-0.15, -0.1) is 0 Å². The molecule has 6 rings (SSSR count). The van der Waals surface area contributed by atoms with Crippen molar-refractivity contribution in [2.75, 3.05) is 7.11 Å². The van der Waals surface area contributed by atoms with E-state index in [-0.39, 0.29) is 33.4 Å². The first-order chi connectivity index (χ1) is 14.4. The largest absolute Gasteiger partial charge is 0.507 e. The van der Waals surface area contributed by atoms with Crippen LogP contribution in [0, 0.1) is 6.92 Å². The molecule has 2 aromatic carbocycles. The average molecular weight is 420 g/mol. The van der Waals surface area contributed by atoms with Crippen molar-refractivity contribution in [1.29, 1.82) is 0 Å². The molecule has 4 aliphatic rings. The normalized spacial score (nSPS) is 23.9. The summed E-state index contributed by atoms with van der Waals surface area (Å²) in [5.41, 5.74) is 0.843. The number of Topliss-reactive ketones (excluding diaryl/α,β-unsaturated/α-hetero) is 1. The Labute approximate surface area is 178 Å². The van der Waals surface area contributed by atoms with E-state index in [1.165, 1.54) is 17.8 Å². The predicted molar refractivity (Wildman–Crippen MR) is 113 cm³/mol. The molecular weight excluding hydrogens is 400 g/mol. The van der Waals surface area contributed by atoms with Crippen molar-refractivity contribution in [3.05, 3.63) is 75.2 Å². The number of allylic oxidation sites excluding steroid dienone is 3. The Morgan fingerprint density at radius 1 is 1.10 bits per heavy atom. The molecule has 2 N–H and O–H groups in total. The molecule has 0 amide bonds. The summed E-state index contributed by atoms with van der Waals surface area (Å²) in [6.45, 7) is 1.97. The van der Waals surface area contributed by atoms with Crippen molar-refractivity contribution in [3.8, 4) is 11.5 Å². The summed E-state index contributed by atoms with van der Waals surface area (Å²) in [4.78, 5) is 27.3. The fourth-order valence-corrected chi connectivity index (χ4v) is 5.61. The summed E-state index contributed by atoms with van der Waals surface area (Å²) < 4.78 is 5.72. The Morgan fingerprint density at radius 3 is 2.47 bits per heavy atom. The molecule has 2 bridgehead atoms. The third-order valence-electron chi connectivity index (χ3n) is 6.28. The molecule has 30 heavy (non-hydrogen) atoms. The molecule has 0 aromatic heterocycles. The fourth-order valence-electron chi connectivity index (χ4n) is 4.72. The van der Waals surface area contributed by atoms with Crippen molar-refractivity contribution in [3.63, 3.8) is 0 Å². The highest BCUT2D eigenvalue weighted by Crippen LogP contribution is 2.58. The standard InChI is InChI=1S/C24H20O5S/c1-12-3-5-14(6-4-12)30-16-11-15(25)18-19(21(16)26)22(27)17-13-7-9-24(29-2,10-8-13)20(17)23(18)28/h3-7,9,11,13,27-28H,8,10H2,1-2H3/t13-,24-/m0/s1. The van der Waals surface area contributed by atoms with Crippen LogP contribution >= 0.6 is 11.8 Å².